The molecule has 3 amide bonds. The van der Waals surface area contributed by atoms with Gasteiger partial charge < -0.3 is 20.3 Å². The number of fused-ring (bicyclic) bond motifs is 1. The zero-order valence-electron chi connectivity index (χ0n) is 14.6. The normalized spacial score (nSPS) is 15.3. The van der Waals surface area contributed by atoms with E-state index in [4.69, 9.17) is 4.74 Å². The van der Waals surface area contributed by atoms with Gasteiger partial charge in [0.15, 0.2) is 6.10 Å². The summed E-state index contributed by atoms with van der Waals surface area (Å²) >= 11 is 3.34. The van der Waals surface area contributed by atoms with Crippen LogP contribution >= 0.6 is 15.9 Å². The first-order valence-electron chi connectivity index (χ1n) is 8.31. The van der Waals surface area contributed by atoms with Crippen LogP contribution < -0.4 is 20.3 Å². The van der Waals surface area contributed by atoms with Gasteiger partial charge in [-0.05, 0) is 40.2 Å². The lowest BCUT2D eigenvalue weighted by Gasteiger charge is -2.33. The van der Waals surface area contributed by atoms with E-state index < -0.39 is 12.0 Å². The lowest BCUT2D eigenvalue weighted by molar-refractivity contribution is -0.130. The van der Waals surface area contributed by atoms with Crippen LogP contribution in [0.4, 0.5) is 11.4 Å². The summed E-state index contributed by atoms with van der Waals surface area (Å²) in [5, 5.41) is 5.26. The number of carbonyl (C=O) groups is 3. The smallest absolute Gasteiger partial charge is 0.263 e. The number of hydrogen-bond acceptors (Lipinski definition) is 4. The maximum absolute atomic E-state index is 12.4. The summed E-state index contributed by atoms with van der Waals surface area (Å²) in [6, 6.07) is 14.2. The Morgan fingerprint density at radius 1 is 1.15 bits per heavy atom. The highest BCUT2D eigenvalue weighted by molar-refractivity contribution is 9.10. The number of para-hydroxylation sites is 3. The quantitative estimate of drug-likeness (QED) is 0.777. The predicted octanol–water partition coefficient (Wildman–Crippen LogP) is 2.32. The van der Waals surface area contributed by atoms with Crippen LogP contribution in [0.2, 0.25) is 0 Å². The Labute approximate surface area is 164 Å². The molecule has 0 aromatic heterocycles. The van der Waals surface area contributed by atoms with Crippen LogP contribution in [0.25, 0.3) is 0 Å². The second kappa shape index (κ2) is 8.22. The average molecular weight is 432 g/mol. The lowest BCUT2D eigenvalue weighted by atomic mass is 10.1. The number of anilines is 2. The fraction of sp³-hybridized carbons (Fsp3) is 0.211. The number of hydrogen-bond donors (Lipinski definition) is 2. The molecule has 0 bridgehead atoms. The van der Waals surface area contributed by atoms with Gasteiger partial charge >= 0.3 is 0 Å². The van der Waals surface area contributed by atoms with Crippen LogP contribution in [0.5, 0.6) is 5.75 Å². The van der Waals surface area contributed by atoms with Gasteiger partial charge in [0, 0.05) is 11.4 Å². The summed E-state index contributed by atoms with van der Waals surface area (Å²) in [6.45, 7) is 1.31. The van der Waals surface area contributed by atoms with Crippen molar-refractivity contribution in [3.63, 3.8) is 0 Å². The monoisotopic (exact) mass is 431 g/mol. The summed E-state index contributed by atoms with van der Waals surface area (Å²) in [5.41, 5.74) is 1.24. The minimum atomic E-state index is -0.889. The molecule has 1 aliphatic rings. The van der Waals surface area contributed by atoms with Gasteiger partial charge in [0.05, 0.1) is 24.5 Å². The van der Waals surface area contributed by atoms with Crippen molar-refractivity contribution < 1.29 is 19.1 Å². The van der Waals surface area contributed by atoms with Crippen LogP contribution in [0.3, 0.4) is 0 Å². The summed E-state index contributed by atoms with van der Waals surface area (Å²) < 4.78 is 6.44. The van der Waals surface area contributed by atoms with E-state index in [9.17, 15) is 14.4 Å². The first-order valence-corrected chi connectivity index (χ1v) is 9.11. The van der Waals surface area contributed by atoms with Crippen LogP contribution in [0.15, 0.2) is 53.0 Å². The maximum atomic E-state index is 12.4. The standard InChI is InChI=1S/C19H18BrN3O4/c1-12(24)23-11-17(27-16-9-5-4-8-15(16)23)19(26)21-10-18(25)22-14-7-3-2-6-13(14)20/h2-9,17H,10-11H2,1H3,(H,21,26)(H,22,25)/t17-/m0/s1. The SMILES string of the molecule is CC(=O)N1C[C@@H](C(=O)NCC(=O)Nc2ccccc2Br)Oc2ccccc21. The van der Waals surface area contributed by atoms with Crippen molar-refractivity contribution in [2.75, 3.05) is 23.3 Å². The van der Waals surface area contributed by atoms with E-state index in [1.807, 2.05) is 6.07 Å². The Morgan fingerprint density at radius 3 is 2.59 bits per heavy atom. The third-order valence-corrected chi connectivity index (χ3v) is 4.71. The van der Waals surface area contributed by atoms with E-state index in [1.54, 1.807) is 42.5 Å². The van der Waals surface area contributed by atoms with E-state index in [-0.39, 0.29) is 24.9 Å². The van der Waals surface area contributed by atoms with E-state index in [1.165, 1.54) is 11.8 Å². The van der Waals surface area contributed by atoms with Crippen molar-refractivity contribution in [2.24, 2.45) is 0 Å². The molecule has 0 saturated carbocycles. The first kappa shape index (κ1) is 18.9. The van der Waals surface area contributed by atoms with Crippen LogP contribution in [-0.4, -0.2) is 36.9 Å². The number of halogens is 1. The minimum Gasteiger partial charge on any atom is -0.477 e. The Balaban J connectivity index is 1.61. The Bertz CT molecular complexity index is 887. The average Bonchev–Trinajstić information content (AvgIpc) is 2.67. The second-order valence-electron chi connectivity index (χ2n) is 5.95. The molecule has 2 N–H and O–H groups in total. The molecular formula is C19H18BrN3O4. The molecule has 7 nitrogen and oxygen atoms in total. The number of carbonyl (C=O) groups excluding carboxylic acids is 3. The predicted molar refractivity (Wildman–Crippen MR) is 105 cm³/mol. The van der Waals surface area contributed by atoms with Crippen LogP contribution in [0.1, 0.15) is 6.92 Å². The maximum Gasteiger partial charge on any atom is 0.263 e. The molecule has 2 aromatic rings. The lowest BCUT2D eigenvalue weighted by Crippen LogP contribution is -2.51. The number of ether oxygens (including phenoxy) is 1. The Kier molecular flexibility index (Phi) is 5.75. The van der Waals surface area contributed by atoms with E-state index in [0.717, 1.165) is 4.47 Å². The summed E-state index contributed by atoms with van der Waals surface area (Å²) in [7, 11) is 0. The zero-order valence-corrected chi connectivity index (χ0v) is 16.2. The third-order valence-electron chi connectivity index (χ3n) is 4.02. The van der Waals surface area contributed by atoms with Crippen molar-refractivity contribution in [3.05, 3.63) is 53.0 Å². The Morgan fingerprint density at radius 2 is 1.85 bits per heavy atom. The molecule has 0 aliphatic carbocycles. The van der Waals surface area contributed by atoms with E-state index >= 15 is 0 Å². The molecule has 1 aliphatic heterocycles. The van der Waals surface area contributed by atoms with Gasteiger partial charge in [-0.15, -0.1) is 0 Å². The molecule has 2 aromatic carbocycles. The molecule has 27 heavy (non-hydrogen) atoms. The number of benzene rings is 2. The number of nitrogens with one attached hydrogen (secondary N) is 2. The fourth-order valence-corrected chi connectivity index (χ4v) is 3.09. The largest absolute Gasteiger partial charge is 0.477 e. The molecule has 0 radical (unpaired) electrons. The van der Waals surface area contributed by atoms with Gasteiger partial charge in [-0.3, -0.25) is 14.4 Å². The summed E-state index contributed by atoms with van der Waals surface area (Å²) in [6.07, 6.45) is -0.889. The van der Waals surface area contributed by atoms with Crippen molar-refractivity contribution in [3.8, 4) is 5.75 Å². The van der Waals surface area contributed by atoms with E-state index in [0.29, 0.717) is 17.1 Å². The van der Waals surface area contributed by atoms with Crippen LogP contribution in [-0.2, 0) is 14.4 Å². The number of rotatable bonds is 4. The molecule has 3 rings (SSSR count). The van der Waals surface area contributed by atoms with E-state index in [2.05, 4.69) is 26.6 Å². The van der Waals surface area contributed by atoms with Gasteiger partial charge in [-0.1, -0.05) is 24.3 Å². The molecular weight excluding hydrogens is 414 g/mol. The molecule has 0 unspecified atom stereocenters. The molecule has 140 valence electrons. The highest BCUT2D eigenvalue weighted by Crippen LogP contribution is 2.33. The molecule has 1 atom stereocenters. The minimum absolute atomic E-state index is 0.0873. The van der Waals surface area contributed by atoms with Crippen molar-refractivity contribution >= 4 is 45.0 Å². The van der Waals surface area contributed by atoms with Gasteiger partial charge in [0.25, 0.3) is 5.91 Å². The molecule has 0 saturated heterocycles. The number of amides is 3. The fourth-order valence-electron chi connectivity index (χ4n) is 2.71. The third kappa shape index (κ3) is 4.46. The highest BCUT2D eigenvalue weighted by atomic mass is 79.9. The number of nitrogens with zero attached hydrogens (tertiary/aromatic N) is 1. The topological polar surface area (TPSA) is 87.7 Å². The van der Waals surface area contributed by atoms with Crippen molar-refractivity contribution in [1.29, 1.82) is 0 Å². The summed E-state index contributed by atoms with van der Waals surface area (Å²) in [4.78, 5) is 37.9. The highest BCUT2D eigenvalue weighted by Gasteiger charge is 2.32. The molecule has 0 fully saturated rings. The van der Waals surface area contributed by atoms with Crippen molar-refractivity contribution in [2.45, 2.75) is 13.0 Å². The summed E-state index contributed by atoms with van der Waals surface area (Å²) in [5.74, 6) is -0.556. The van der Waals surface area contributed by atoms with Crippen molar-refractivity contribution in [1.82, 2.24) is 5.32 Å². The van der Waals surface area contributed by atoms with Gasteiger partial charge in [-0.25, -0.2) is 0 Å². The Hall–Kier alpha value is -2.87. The second-order valence-corrected chi connectivity index (χ2v) is 6.80. The first-order chi connectivity index (χ1) is 13.0. The van der Waals surface area contributed by atoms with Gasteiger partial charge in [0.1, 0.15) is 5.75 Å². The van der Waals surface area contributed by atoms with Crippen LogP contribution in [0, 0.1) is 0 Å². The molecule has 8 heteroatoms. The zero-order chi connectivity index (χ0) is 19.4. The van der Waals surface area contributed by atoms with Gasteiger partial charge in [-0.2, -0.15) is 0 Å². The molecule has 0 spiro atoms. The molecule has 1 heterocycles. The van der Waals surface area contributed by atoms with Gasteiger partial charge in [0.2, 0.25) is 11.8 Å².